The first kappa shape index (κ1) is 33.1. The topological polar surface area (TPSA) is 119 Å². The van der Waals surface area contributed by atoms with Gasteiger partial charge < -0.3 is 52.1 Å². The number of carbonyl (C=O) groups excluding carboxylic acids is 1. The van der Waals surface area contributed by atoms with Crippen molar-refractivity contribution < 1.29 is 56.9 Å². The van der Waals surface area contributed by atoms with Crippen molar-refractivity contribution in [1.29, 1.82) is 0 Å². The van der Waals surface area contributed by atoms with Crippen molar-refractivity contribution in [2.75, 3.05) is 126 Å². The van der Waals surface area contributed by atoms with E-state index in [9.17, 15) is 4.79 Å². The monoisotopic (exact) mass is 526 g/mol. The van der Waals surface area contributed by atoms with Gasteiger partial charge in [0, 0.05) is 6.61 Å². The van der Waals surface area contributed by atoms with E-state index in [0.29, 0.717) is 106 Å². The van der Waals surface area contributed by atoms with Crippen molar-refractivity contribution in [3.05, 3.63) is 0 Å². The SMILES string of the molecule is COC(=O)COCCOCCOCCOCCOCCOCCOCCOCCOC1CCCCO1. The van der Waals surface area contributed by atoms with Gasteiger partial charge >= 0.3 is 5.97 Å². The fraction of sp³-hybridized carbons (Fsp3) is 0.958. The summed E-state index contributed by atoms with van der Waals surface area (Å²) >= 11 is 0. The zero-order chi connectivity index (χ0) is 25.8. The molecule has 0 aromatic heterocycles. The van der Waals surface area contributed by atoms with Gasteiger partial charge in [0.15, 0.2) is 6.29 Å². The Kier molecular flexibility index (Phi) is 24.9. The molecule has 0 aromatic carbocycles. The predicted octanol–water partition coefficient (Wildman–Crippen LogP) is 0.835. The minimum absolute atomic E-state index is 0.0652. The zero-order valence-corrected chi connectivity index (χ0v) is 21.8. The van der Waals surface area contributed by atoms with E-state index >= 15 is 0 Å². The third-order valence-corrected chi connectivity index (χ3v) is 4.72. The van der Waals surface area contributed by atoms with Gasteiger partial charge in [-0.2, -0.15) is 0 Å². The summed E-state index contributed by atoms with van der Waals surface area (Å²) in [5.74, 6) is -0.404. The van der Waals surface area contributed by atoms with E-state index in [1.807, 2.05) is 0 Å². The smallest absolute Gasteiger partial charge is 0.331 e. The molecule has 0 N–H and O–H groups in total. The van der Waals surface area contributed by atoms with Crippen molar-refractivity contribution in [1.82, 2.24) is 0 Å². The first-order chi connectivity index (χ1) is 17.8. The van der Waals surface area contributed by atoms with Crippen LogP contribution in [0.25, 0.3) is 0 Å². The lowest BCUT2D eigenvalue weighted by Crippen LogP contribution is -2.24. The van der Waals surface area contributed by atoms with Gasteiger partial charge in [-0.1, -0.05) is 0 Å². The Balaban J connectivity index is 1.62. The van der Waals surface area contributed by atoms with E-state index in [4.69, 9.17) is 47.4 Å². The molecule has 0 radical (unpaired) electrons. The summed E-state index contributed by atoms with van der Waals surface area (Å²) in [6.07, 6.45) is 3.19. The Labute approximate surface area is 215 Å². The van der Waals surface area contributed by atoms with Crippen LogP contribution in [0.5, 0.6) is 0 Å². The molecule has 1 aliphatic rings. The van der Waals surface area contributed by atoms with Crippen LogP contribution in [0.2, 0.25) is 0 Å². The summed E-state index contributed by atoms with van der Waals surface area (Å²) in [5.41, 5.74) is 0. The maximum absolute atomic E-state index is 10.8. The van der Waals surface area contributed by atoms with Gasteiger partial charge in [-0.25, -0.2) is 4.79 Å². The molecule has 1 aliphatic heterocycles. The Bertz CT molecular complexity index is 462. The first-order valence-electron chi connectivity index (χ1n) is 12.7. The summed E-state index contributed by atoms with van der Waals surface area (Å²) in [6, 6.07) is 0. The van der Waals surface area contributed by atoms with Gasteiger partial charge in [0.05, 0.1) is 113 Å². The molecule has 0 aromatic rings. The standard InChI is InChI=1S/C24H46O12/c1-26-23(25)22-34-19-18-32-15-14-30-11-10-28-7-6-27-8-9-29-12-13-31-16-17-33-20-21-36-24-4-2-3-5-35-24/h24H,2-22H2,1H3. The molecule has 0 bridgehead atoms. The van der Waals surface area contributed by atoms with Crippen LogP contribution in [-0.2, 0) is 56.9 Å². The van der Waals surface area contributed by atoms with Gasteiger partial charge in [-0.15, -0.1) is 0 Å². The molecule has 0 aliphatic carbocycles. The Morgan fingerprint density at radius 3 is 1.33 bits per heavy atom. The third-order valence-electron chi connectivity index (χ3n) is 4.72. The highest BCUT2D eigenvalue weighted by Gasteiger charge is 2.13. The van der Waals surface area contributed by atoms with Gasteiger partial charge in [0.1, 0.15) is 6.61 Å². The van der Waals surface area contributed by atoms with E-state index in [-0.39, 0.29) is 12.9 Å². The second-order valence-electron chi connectivity index (χ2n) is 7.58. The summed E-state index contributed by atoms with van der Waals surface area (Å²) in [7, 11) is 1.32. The number of rotatable bonds is 27. The average Bonchev–Trinajstić information content (AvgIpc) is 2.91. The maximum Gasteiger partial charge on any atom is 0.331 e. The van der Waals surface area contributed by atoms with Gasteiger partial charge in [0.25, 0.3) is 0 Å². The van der Waals surface area contributed by atoms with Crippen LogP contribution in [0.4, 0.5) is 0 Å². The number of hydrogen-bond acceptors (Lipinski definition) is 12. The second-order valence-corrected chi connectivity index (χ2v) is 7.58. The van der Waals surface area contributed by atoms with E-state index in [1.165, 1.54) is 7.11 Å². The van der Waals surface area contributed by atoms with Crippen molar-refractivity contribution in [2.24, 2.45) is 0 Å². The molecule has 12 heteroatoms. The van der Waals surface area contributed by atoms with Crippen LogP contribution in [0.15, 0.2) is 0 Å². The van der Waals surface area contributed by atoms with Crippen LogP contribution >= 0.6 is 0 Å². The van der Waals surface area contributed by atoms with Crippen molar-refractivity contribution in [2.45, 2.75) is 25.6 Å². The first-order valence-corrected chi connectivity index (χ1v) is 12.7. The number of carbonyl (C=O) groups is 1. The molecule has 1 saturated heterocycles. The Morgan fingerprint density at radius 2 is 0.972 bits per heavy atom. The number of esters is 1. The molecule has 1 rings (SSSR count). The highest BCUT2D eigenvalue weighted by atomic mass is 16.7. The fourth-order valence-electron chi connectivity index (χ4n) is 2.83. The minimum Gasteiger partial charge on any atom is -0.467 e. The van der Waals surface area contributed by atoms with Crippen molar-refractivity contribution in [3.8, 4) is 0 Å². The lowest BCUT2D eigenvalue weighted by atomic mass is 10.2. The number of methoxy groups -OCH3 is 1. The molecule has 1 unspecified atom stereocenters. The number of ether oxygens (including phenoxy) is 11. The van der Waals surface area contributed by atoms with E-state index in [2.05, 4.69) is 4.74 Å². The fourth-order valence-corrected chi connectivity index (χ4v) is 2.83. The van der Waals surface area contributed by atoms with Gasteiger partial charge in [-0.3, -0.25) is 0 Å². The van der Waals surface area contributed by atoms with Gasteiger partial charge in [-0.05, 0) is 19.3 Å². The van der Waals surface area contributed by atoms with Gasteiger partial charge in [0.2, 0.25) is 0 Å². The third kappa shape index (κ3) is 23.5. The highest BCUT2D eigenvalue weighted by molar-refractivity contribution is 5.70. The average molecular weight is 527 g/mol. The number of hydrogen-bond donors (Lipinski definition) is 0. The van der Waals surface area contributed by atoms with Crippen LogP contribution in [-0.4, -0.2) is 138 Å². The Morgan fingerprint density at radius 1 is 0.583 bits per heavy atom. The normalized spacial score (nSPS) is 15.9. The molecule has 0 spiro atoms. The highest BCUT2D eigenvalue weighted by Crippen LogP contribution is 2.13. The zero-order valence-electron chi connectivity index (χ0n) is 21.8. The van der Waals surface area contributed by atoms with Crippen LogP contribution in [0.1, 0.15) is 19.3 Å². The van der Waals surface area contributed by atoms with Crippen molar-refractivity contribution in [3.63, 3.8) is 0 Å². The molecule has 1 heterocycles. The molecular weight excluding hydrogens is 480 g/mol. The molecule has 1 atom stereocenters. The second kappa shape index (κ2) is 27.1. The minimum atomic E-state index is -0.404. The summed E-state index contributed by atoms with van der Waals surface area (Å²) in [4.78, 5) is 10.8. The summed E-state index contributed by atoms with van der Waals surface area (Å²) in [5, 5.41) is 0. The summed E-state index contributed by atoms with van der Waals surface area (Å²) < 4.78 is 58.5. The lowest BCUT2D eigenvalue weighted by molar-refractivity contribution is -0.169. The van der Waals surface area contributed by atoms with E-state index in [0.717, 1.165) is 25.9 Å². The molecule has 1 fully saturated rings. The van der Waals surface area contributed by atoms with E-state index in [1.54, 1.807) is 0 Å². The van der Waals surface area contributed by atoms with Crippen LogP contribution < -0.4 is 0 Å². The quantitative estimate of drug-likeness (QED) is 0.111. The molecule has 0 amide bonds. The summed E-state index contributed by atoms with van der Waals surface area (Å²) in [6.45, 7) is 8.56. The molecular formula is C24H46O12. The largest absolute Gasteiger partial charge is 0.467 e. The van der Waals surface area contributed by atoms with Crippen LogP contribution in [0.3, 0.4) is 0 Å². The molecule has 36 heavy (non-hydrogen) atoms. The Hall–Kier alpha value is -0.930. The van der Waals surface area contributed by atoms with Crippen LogP contribution in [0, 0.1) is 0 Å². The van der Waals surface area contributed by atoms with Crippen molar-refractivity contribution >= 4 is 5.97 Å². The van der Waals surface area contributed by atoms with E-state index < -0.39 is 5.97 Å². The maximum atomic E-state index is 10.8. The molecule has 12 nitrogen and oxygen atoms in total. The molecule has 0 saturated carbocycles. The predicted molar refractivity (Wildman–Crippen MR) is 128 cm³/mol. The lowest BCUT2D eigenvalue weighted by Gasteiger charge is -2.22. The molecule has 214 valence electrons.